The summed E-state index contributed by atoms with van der Waals surface area (Å²) in [7, 11) is 0. The standard InChI is InChI=1S/C5H4N4O2/c10-5(11)3-1-7-9-2-6-8-4(3)9/h1-2,8H,(H,10,11). The normalized spacial score (nSPS) is 10.5. The predicted molar refractivity (Wildman–Crippen MR) is 34.3 cm³/mol. The second-order valence-electron chi connectivity index (χ2n) is 2.01. The van der Waals surface area contributed by atoms with E-state index < -0.39 is 5.97 Å². The molecular weight excluding hydrogens is 148 g/mol. The van der Waals surface area contributed by atoms with E-state index in [2.05, 4.69) is 15.3 Å². The van der Waals surface area contributed by atoms with Gasteiger partial charge >= 0.3 is 5.97 Å². The molecule has 0 unspecified atom stereocenters. The van der Waals surface area contributed by atoms with Crippen LogP contribution in [0.3, 0.4) is 0 Å². The minimum absolute atomic E-state index is 0.127. The molecule has 0 bridgehead atoms. The molecule has 0 spiro atoms. The fourth-order valence-corrected chi connectivity index (χ4v) is 0.862. The molecule has 6 nitrogen and oxygen atoms in total. The Hall–Kier alpha value is -1.85. The van der Waals surface area contributed by atoms with Crippen LogP contribution in [0.25, 0.3) is 5.65 Å². The number of rotatable bonds is 1. The number of nitrogens with zero attached hydrogens (tertiary/aromatic N) is 3. The van der Waals surface area contributed by atoms with E-state index >= 15 is 0 Å². The Labute approximate surface area is 60.5 Å². The fourth-order valence-electron chi connectivity index (χ4n) is 0.862. The monoisotopic (exact) mass is 152 g/mol. The number of aromatic amines is 1. The van der Waals surface area contributed by atoms with Crippen LogP contribution in [0.15, 0.2) is 12.5 Å². The van der Waals surface area contributed by atoms with Gasteiger partial charge in [-0.25, -0.2) is 9.31 Å². The highest BCUT2D eigenvalue weighted by Gasteiger charge is 2.11. The van der Waals surface area contributed by atoms with Gasteiger partial charge in [-0.1, -0.05) is 0 Å². The molecule has 0 saturated carbocycles. The molecule has 0 amide bonds. The maximum atomic E-state index is 10.5. The summed E-state index contributed by atoms with van der Waals surface area (Å²) in [5, 5.41) is 18.5. The summed E-state index contributed by atoms with van der Waals surface area (Å²) in [6, 6.07) is 0. The van der Waals surface area contributed by atoms with Gasteiger partial charge in [-0.05, 0) is 0 Å². The largest absolute Gasteiger partial charge is 0.477 e. The smallest absolute Gasteiger partial charge is 0.341 e. The van der Waals surface area contributed by atoms with Crippen molar-refractivity contribution in [1.29, 1.82) is 0 Å². The zero-order valence-electron chi connectivity index (χ0n) is 5.35. The molecule has 0 aliphatic heterocycles. The fraction of sp³-hybridized carbons (Fsp3) is 0. The van der Waals surface area contributed by atoms with E-state index in [0.29, 0.717) is 5.65 Å². The van der Waals surface area contributed by atoms with E-state index in [1.54, 1.807) is 0 Å². The van der Waals surface area contributed by atoms with Gasteiger partial charge in [-0.3, -0.25) is 5.10 Å². The highest BCUT2D eigenvalue weighted by molar-refractivity contribution is 5.93. The number of nitrogens with one attached hydrogen (secondary N) is 1. The lowest BCUT2D eigenvalue weighted by atomic mass is 10.3. The summed E-state index contributed by atoms with van der Waals surface area (Å²) in [6.45, 7) is 0. The molecule has 0 aliphatic carbocycles. The number of H-pyrrole nitrogens is 1. The number of aromatic carboxylic acids is 1. The second kappa shape index (κ2) is 1.82. The lowest BCUT2D eigenvalue weighted by molar-refractivity contribution is 0.0699. The highest BCUT2D eigenvalue weighted by Crippen LogP contribution is 2.04. The molecule has 0 atom stereocenters. The Bertz CT molecular complexity index is 401. The van der Waals surface area contributed by atoms with Crippen LogP contribution in [0.4, 0.5) is 0 Å². The van der Waals surface area contributed by atoms with E-state index in [1.807, 2.05) is 0 Å². The van der Waals surface area contributed by atoms with Crippen molar-refractivity contribution in [2.45, 2.75) is 0 Å². The van der Waals surface area contributed by atoms with Crippen molar-refractivity contribution >= 4 is 11.6 Å². The molecule has 2 heterocycles. The summed E-state index contributed by atoms with van der Waals surface area (Å²) < 4.78 is 1.36. The molecule has 2 N–H and O–H groups in total. The summed E-state index contributed by atoms with van der Waals surface area (Å²) in [4.78, 5) is 10.5. The molecule has 56 valence electrons. The maximum Gasteiger partial charge on any atom is 0.341 e. The highest BCUT2D eigenvalue weighted by atomic mass is 16.4. The Kier molecular flexibility index (Phi) is 0.974. The van der Waals surface area contributed by atoms with Crippen molar-refractivity contribution < 1.29 is 9.90 Å². The molecule has 0 saturated heterocycles. The van der Waals surface area contributed by atoms with E-state index in [-0.39, 0.29) is 5.56 Å². The van der Waals surface area contributed by atoms with Crippen LogP contribution in [0.5, 0.6) is 0 Å². The van der Waals surface area contributed by atoms with Crippen LogP contribution in [0.1, 0.15) is 10.4 Å². The number of aromatic nitrogens is 4. The molecule has 2 aromatic heterocycles. The summed E-state index contributed by atoms with van der Waals surface area (Å²) >= 11 is 0. The van der Waals surface area contributed by atoms with E-state index in [9.17, 15) is 4.79 Å². The Morgan fingerprint density at radius 3 is 3.27 bits per heavy atom. The molecule has 2 rings (SSSR count). The van der Waals surface area contributed by atoms with Crippen LogP contribution in [0.2, 0.25) is 0 Å². The van der Waals surface area contributed by atoms with Crippen molar-refractivity contribution in [3.8, 4) is 0 Å². The van der Waals surface area contributed by atoms with Gasteiger partial charge in [0.1, 0.15) is 11.9 Å². The van der Waals surface area contributed by atoms with Crippen LogP contribution in [-0.4, -0.2) is 30.9 Å². The second-order valence-corrected chi connectivity index (χ2v) is 2.01. The van der Waals surface area contributed by atoms with Crippen molar-refractivity contribution in [2.75, 3.05) is 0 Å². The number of hydrogen-bond acceptors (Lipinski definition) is 3. The lowest BCUT2D eigenvalue weighted by Gasteiger charge is -1.82. The third kappa shape index (κ3) is 0.689. The minimum Gasteiger partial charge on any atom is -0.477 e. The molecule has 0 fully saturated rings. The minimum atomic E-state index is -1.01. The van der Waals surface area contributed by atoms with Crippen molar-refractivity contribution in [1.82, 2.24) is 19.8 Å². The van der Waals surface area contributed by atoms with Gasteiger partial charge in [0.15, 0.2) is 5.65 Å². The summed E-state index contributed by atoms with van der Waals surface area (Å²) in [6.07, 6.45) is 2.68. The van der Waals surface area contributed by atoms with Gasteiger partial charge in [-0.15, -0.1) is 0 Å². The third-order valence-electron chi connectivity index (χ3n) is 1.36. The Balaban J connectivity index is 2.78. The van der Waals surface area contributed by atoms with Crippen LogP contribution < -0.4 is 0 Å². The lowest BCUT2D eigenvalue weighted by Crippen LogP contribution is -1.94. The molecule has 0 radical (unpaired) electrons. The quantitative estimate of drug-likeness (QED) is 0.590. The Morgan fingerprint density at radius 2 is 2.55 bits per heavy atom. The molecular formula is C5H4N4O2. The average Bonchev–Trinajstić information content (AvgIpc) is 2.41. The predicted octanol–water partition coefficient (Wildman–Crippen LogP) is -0.244. The summed E-state index contributed by atoms with van der Waals surface area (Å²) in [5.41, 5.74) is 0.528. The molecule has 0 aliphatic rings. The topological polar surface area (TPSA) is 83.3 Å². The van der Waals surface area contributed by atoms with Crippen LogP contribution in [0, 0.1) is 0 Å². The first-order chi connectivity index (χ1) is 5.29. The van der Waals surface area contributed by atoms with Crippen molar-refractivity contribution in [3.05, 3.63) is 18.1 Å². The van der Waals surface area contributed by atoms with Gasteiger partial charge < -0.3 is 5.11 Å². The molecule has 6 heteroatoms. The number of carbonyl (C=O) groups is 1. The van der Waals surface area contributed by atoms with Gasteiger partial charge in [0.2, 0.25) is 0 Å². The van der Waals surface area contributed by atoms with Crippen molar-refractivity contribution in [3.63, 3.8) is 0 Å². The number of carboxylic acid groups (broad SMARTS) is 1. The van der Waals surface area contributed by atoms with E-state index in [1.165, 1.54) is 17.0 Å². The first-order valence-electron chi connectivity index (χ1n) is 2.89. The van der Waals surface area contributed by atoms with Crippen LogP contribution >= 0.6 is 0 Å². The van der Waals surface area contributed by atoms with Gasteiger partial charge in [0, 0.05) is 0 Å². The zero-order chi connectivity index (χ0) is 7.84. The van der Waals surface area contributed by atoms with Crippen molar-refractivity contribution in [2.24, 2.45) is 0 Å². The van der Waals surface area contributed by atoms with E-state index in [0.717, 1.165) is 0 Å². The SMILES string of the molecule is O=C(O)c1cnn2cn[nH]c12. The average molecular weight is 152 g/mol. The van der Waals surface area contributed by atoms with Gasteiger partial charge in [-0.2, -0.15) is 10.2 Å². The Morgan fingerprint density at radius 1 is 1.73 bits per heavy atom. The first-order valence-corrected chi connectivity index (χ1v) is 2.89. The molecule has 2 aromatic rings. The number of fused-ring (bicyclic) bond motifs is 1. The maximum absolute atomic E-state index is 10.5. The molecule has 11 heavy (non-hydrogen) atoms. The van der Waals surface area contributed by atoms with Gasteiger partial charge in [0.05, 0.1) is 6.20 Å². The molecule has 0 aromatic carbocycles. The van der Waals surface area contributed by atoms with Gasteiger partial charge in [0.25, 0.3) is 0 Å². The number of carboxylic acids is 1. The first kappa shape index (κ1) is 5.90. The zero-order valence-corrected chi connectivity index (χ0v) is 5.35. The number of hydrogen-bond donors (Lipinski definition) is 2. The third-order valence-corrected chi connectivity index (χ3v) is 1.36. The van der Waals surface area contributed by atoms with E-state index in [4.69, 9.17) is 5.11 Å². The van der Waals surface area contributed by atoms with Crippen LogP contribution in [-0.2, 0) is 0 Å². The summed E-state index contributed by atoms with van der Waals surface area (Å²) in [5.74, 6) is -1.01.